The van der Waals surface area contributed by atoms with E-state index >= 15 is 0 Å². The lowest BCUT2D eigenvalue weighted by Crippen LogP contribution is -2.36. The Morgan fingerprint density at radius 3 is 2.50 bits per heavy atom. The van der Waals surface area contributed by atoms with E-state index in [0.29, 0.717) is 5.69 Å². The maximum Gasteiger partial charge on any atom is 0.323 e. The van der Waals surface area contributed by atoms with Gasteiger partial charge in [0.25, 0.3) is 0 Å². The fourth-order valence-corrected chi connectivity index (χ4v) is 2.61. The zero-order valence-electron chi connectivity index (χ0n) is 13.0. The molecule has 3 rings (SSSR count). The van der Waals surface area contributed by atoms with Crippen molar-refractivity contribution in [3.8, 4) is 0 Å². The van der Waals surface area contributed by atoms with Crippen molar-refractivity contribution in [3.05, 3.63) is 65.9 Å². The van der Waals surface area contributed by atoms with Crippen LogP contribution in [0.2, 0.25) is 0 Å². The van der Waals surface area contributed by atoms with E-state index in [1.165, 1.54) is 4.90 Å². The van der Waals surface area contributed by atoms with Crippen LogP contribution in [0.5, 0.6) is 0 Å². The van der Waals surface area contributed by atoms with Crippen LogP contribution in [-0.2, 0) is 22.6 Å². The van der Waals surface area contributed by atoms with Gasteiger partial charge in [0.2, 0.25) is 5.91 Å². The van der Waals surface area contributed by atoms with Gasteiger partial charge in [-0.1, -0.05) is 48.5 Å². The van der Waals surface area contributed by atoms with Crippen LogP contribution in [-0.4, -0.2) is 38.6 Å². The first-order chi connectivity index (χ1) is 11.6. The van der Waals surface area contributed by atoms with Crippen LogP contribution < -0.4 is 0 Å². The van der Waals surface area contributed by atoms with Gasteiger partial charge in [0.15, 0.2) is 0 Å². The highest BCUT2D eigenvalue weighted by Gasteiger charge is 2.19. The van der Waals surface area contributed by atoms with Crippen molar-refractivity contribution in [2.24, 2.45) is 0 Å². The maximum absolute atomic E-state index is 12.6. The average molecular weight is 323 g/mol. The van der Waals surface area contributed by atoms with Gasteiger partial charge < -0.3 is 10.0 Å². The summed E-state index contributed by atoms with van der Waals surface area (Å²) in [5.41, 5.74) is 2.37. The lowest BCUT2D eigenvalue weighted by molar-refractivity contribution is -0.144. The molecule has 0 spiro atoms. The van der Waals surface area contributed by atoms with Crippen LogP contribution in [0, 0.1) is 0 Å². The number of carbonyl (C=O) groups excluding carboxylic acids is 1. The number of carbonyl (C=O) groups is 2. The van der Waals surface area contributed by atoms with Gasteiger partial charge in [-0.3, -0.25) is 14.7 Å². The van der Waals surface area contributed by atoms with Crippen molar-refractivity contribution in [2.75, 3.05) is 6.54 Å². The fraction of sp³-hybridized carbons (Fsp3) is 0.167. The van der Waals surface area contributed by atoms with Crippen molar-refractivity contribution in [3.63, 3.8) is 0 Å². The molecule has 6 nitrogen and oxygen atoms in total. The smallest absolute Gasteiger partial charge is 0.323 e. The molecule has 0 bridgehead atoms. The monoisotopic (exact) mass is 323 g/mol. The molecule has 6 heteroatoms. The number of aromatic nitrogens is 2. The second-order valence-electron chi connectivity index (χ2n) is 5.53. The summed E-state index contributed by atoms with van der Waals surface area (Å²) in [6.07, 6.45) is 0.0840. The number of aliphatic carboxylic acids is 1. The largest absolute Gasteiger partial charge is 0.480 e. The molecule has 0 fully saturated rings. The molecule has 0 unspecified atom stereocenters. The Bertz CT molecular complexity index is 858. The van der Waals surface area contributed by atoms with Crippen LogP contribution in [0.1, 0.15) is 11.3 Å². The Morgan fingerprint density at radius 1 is 1.04 bits per heavy atom. The number of H-pyrrole nitrogens is 1. The molecule has 2 aromatic carbocycles. The molecular formula is C18H17N3O3. The summed E-state index contributed by atoms with van der Waals surface area (Å²) in [6.45, 7) is -0.0716. The molecule has 0 radical (unpaired) electrons. The Labute approximate surface area is 138 Å². The lowest BCUT2D eigenvalue weighted by atomic mass is 10.1. The zero-order valence-corrected chi connectivity index (χ0v) is 13.0. The number of nitrogens with zero attached hydrogens (tertiary/aromatic N) is 2. The Morgan fingerprint density at radius 2 is 1.75 bits per heavy atom. The molecule has 0 aliphatic carbocycles. The predicted molar refractivity (Wildman–Crippen MR) is 89.3 cm³/mol. The van der Waals surface area contributed by atoms with Crippen molar-refractivity contribution < 1.29 is 14.7 Å². The molecule has 0 saturated heterocycles. The molecule has 1 aromatic heterocycles. The van der Waals surface area contributed by atoms with Crippen molar-refractivity contribution >= 4 is 22.8 Å². The average Bonchev–Trinajstić information content (AvgIpc) is 2.98. The molecule has 0 aliphatic rings. The number of hydrogen-bond donors (Lipinski definition) is 2. The van der Waals surface area contributed by atoms with Gasteiger partial charge in [-0.2, -0.15) is 5.10 Å². The first-order valence-electron chi connectivity index (χ1n) is 7.59. The SMILES string of the molecule is O=C(O)CN(Cc1ccccc1)C(=O)Cc1[nH]nc2ccccc12. The van der Waals surface area contributed by atoms with Gasteiger partial charge in [0.05, 0.1) is 17.6 Å². The molecule has 1 heterocycles. The lowest BCUT2D eigenvalue weighted by Gasteiger charge is -2.20. The van der Waals surface area contributed by atoms with E-state index in [-0.39, 0.29) is 25.4 Å². The number of hydrogen-bond acceptors (Lipinski definition) is 3. The summed E-state index contributed by atoms with van der Waals surface area (Å²) in [5, 5.41) is 17.0. The second-order valence-corrected chi connectivity index (χ2v) is 5.53. The summed E-state index contributed by atoms with van der Waals surface area (Å²) < 4.78 is 0. The highest BCUT2D eigenvalue weighted by Crippen LogP contribution is 2.16. The topological polar surface area (TPSA) is 86.3 Å². The molecule has 0 aliphatic heterocycles. The number of fused-ring (bicyclic) bond motifs is 1. The normalized spacial score (nSPS) is 10.7. The number of para-hydroxylation sites is 1. The summed E-state index contributed by atoms with van der Waals surface area (Å²) in [7, 11) is 0. The molecule has 122 valence electrons. The first kappa shape index (κ1) is 15.7. The highest BCUT2D eigenvalue weighted by molar-refractivity contribution is 5.88. The van der Waals surface area contributed by atoms with E-state index in [2.05, 4.69) is 10.2 Å². The summed E-state index contributed by atoms with van der Waals surface area (Å²) >= 11 is 0. The summed E-state index contributed by atoms with van der Waals surface area (Å²) in [4.78, 5) is 25.1. The minimum Gasteiger partial charge on any atom is -0.480 e. The van der Waals surface area contributed by atoms with Gasteiger partial charge in [-0.15, -0.1) is 0 Å². The van der Waals surface area contributed by atoms with Crippen LogP contribution in [0.25, 0.3) is 10.9 Å². The number of rotatable bonds is 6. The fourth-order valence-electron chi connectivity index (χ4n) is 2.61. The number of amides is 1. The van der Waals surface area contributed by atoms with Crippen LogP contribution in [0.3, 0.4) is 0 Å². The molecular weight excluding hydrogens is 306 g/mol. The van der Waals surface area contributed by atoms with E-state index in [1.54, 1.807) is 0 Å². The van der Waals surface area contributed by atoms with Gasteiger partial charge >= 0.3 is 5.97 Å². The number of carboxylic acid groups (broad SMARTS) is 1. The molecule has 0 atom stereocenters. The summed E-state index contributed by atoms with van der Waals surface area (Å²) in [5.74, 6) is -1.29. The van der Waals surface area contributed by atoms with Gasteiger partial charge in [0, 0.05) is 11.9 Å². The third-order valence-electron chi connectivity index (χ3n) is 3.76. The quantitative estimate of drug-likeness (QED) is 0.728. The Kier molecular flexibility index (Phi) is 4.56. The summed E-state index contributed by atoms with van der Waals surface area (Å²) in [6, 6.07) is 16.8. The second kappa shape index (κ2) is 6.95. The van der Waals surface area contributed by atoms with Gasteiger partial charge in [0.1, 0.15) is 6.54 Å². The number of carboxylic acids is 1. The van der Waals surface area contributed by atoms with E-state index in [9.17, 15) is 9.59 Å². The van der Waals surface area contributed by atoms with Gasteiger partial charge in [-0.05, 0) is 11.6 Å². The predicted octanol–water partition coefficient (Wildman–Crippen LogP) is 2.22. The molecule has 2 N–H and O–H groups in total. The number of nitrogens with one attached hydrogen (secondary N) is 1. The van der Waals surface area contributed by atoms with Crippen molar-refractivity contribution in [2.45, 2.75) is 13.0 Å². The minimum absolute atomic E-state index is 0.0840. The van der Waals surface area contributed by atoms with E-state index < -0.39 is 5.97 Å². The van der Waals surface area contributed by atoms with Crippen molar-refractivity contribution in [1.29, 1.82) is 0 Å². The molecule has 0 saturated carbocycles. The van der Waals surface area contributed by atoms with Gasteiger partial charge in [-0.25, -0.2) is 0 Å². The third kappa shape index (κ3) is 3.60. The Hall–Kier alpha value is -3.15. The van der Waals surface area contributed by atoms with E-state index in [1.807, 2.05) is 54.6 Å². The first-order valence-corrected chi connectivity index (χ1v) is 7.59. The number of aromatic amines is 1. The Balaban J connectivity index is 1.79. The van der Waals surface area contributed by atoms with Crippen LogP contribution in [0.15, 0.2) is 54.6 Å². The molecule has 24 heavy (non-hydrogen) atoms. The van der Waals surface area contributed by atoms with Crippen LogP contribution in [0.4, 0.5) is 0 Å². The third-order valence-corrected chi connectivity index (χ3v) is 3.76. The minimum atomic E-state index is -1.03. The molecule has 3 aromatic rings. The van der Waals surface area contributed by atoms with Crippen LogP contribution >= 0.6 is 0 Å². The highest BCUT2D eigenvalue weighted by atomic mass is 16.4. The van der Waals surface area contributed by atoms with Crippen molar-refractivity contribution in [1.82, 2.24) is 15.1 Å². The zero-order chi connectivity index (χ0) is 16.9. The standard InChI is InChI=1S/C18H17N3O3/c22-17(10-16-14-8-4-5-9-15(14)19-20-16)21(12-18(23)24)11-13-6-2-1-3-7-13/h1-9H,10-12H2,(H,19,20)(H,23,24). The van der Waals surface area contributed by atoms with E-state index in [0.717, 1.165) is 16.5 Å². The number of benzene rings is 2. The molecule has 1 amide bonds. The maximum atomic E-state index is 12.6. The van der Waals surface area contributed by atoms with E-state index in [4.69, 9.17) is 5.11 Å².